The average molecular weight is 795 g/mol. The van der Waals surface area contributed by atoms with Crippen LogP contribution in [-0.2, 0) is 0 Å². The lowest BCUT2D eigenvalue weighted by atomic mass is 9.93. The quantitative estimate of drug-likeness (QED) is 0.153. The van der Waals surface area contributed by atoms with E-state index >= 15 is 0 Å². The zero-order chi connectivity index (χ0) is 41.0. The summed E-state index contributed by atoms with van der Waals surface area (Å²) in [7, 11) is 0. The van der Waals surface area contributed by atoms with Gasteiger partial charge in [-0.15, -0.1) is 0 Å². The number of furan rings is 2. The maximum Gasteiger partial charge on any atom is 0.159 e. The van der Waals surface area contributed by atoms with Crippen LogP contribution in [0, 0.1) is 0 Å². The minimum atomic E-state index is 0.839. The second kappa shape index (κ2) is 14.7. The largest absolute Gasteiger partial charge is 0.454 e. The first-order valence-corrected chi connectivity index (χ1v) is 21.0. The Morgan fingerprint density at radius 1 is 0.274 bits per heavy atom. The lowest BCUT2D eigenvalue weighted by molar-refractivity contribution is 0.669. The molecule has 0 fully saturated rings. The molecule has 0 amide bonds. The molecule has 2 heterocycles. The van der Waals surface area contributed by atoms with Crippen molar-refractivity contribution in [3.05, 3.63) is 231 Å². The van der Waals surface area contributed by atoms with Gasteiger partial charge in [0.1, 0.15) is 11.2 Å². The normalized spacial score (nSPS) is 11.5. The van der Waals surface area contributed by atoms with Gasteiger partial charge in [0, 0.05) is 44.0 Å². The summed E-state index contributed by atoms with van der Waals surface area (Å²) in [6.07, 6.45) is 0. The first kappa shape index (κ1) is 35.6. The summed E-state index contributed by atoms with van der Waals surface area (Å²) in [5.41, 5.74) is 13.9. The fourth-order valence-electron chi connectivity index (χ4n) is 9.18. The summed E-state index contributed by atoms with van der Waals surface area (Å²) in [4.78, 5) is 4.72. The maximum absolute atomic E-state index is 6.75. The number of anilines is 6. The first-order chi connectivity index (χ1) is 30.8. The molecular weight excluding hydrogens is 757 g/mol. The number of para-hydroxylation sites is 6. The monoisotopic (exact) mass is 794 g/mol. The zero-order valence-electron chi connectivity index (χ0n) is 33.7. The lowest BCUT2D eigenvalue weighted by Gasteiger charge is -2.30. The molecule has 0 atom stereocenters. The number of hydrogen-bond donors (Lipinski definition) is 0. The molecule has 0 unspecified atom stereocenters. The molecule has 2 aromatic heterocycles. The zero-order valence-corrected chi connectivity index (χ0v) is 33.7. The molecule has 10 aromatic carbocycles. The third-order valence-corrected chi connectivity index (χ3v) is 12.0. The van der Waals surface area contributed by atoms with Gasteiger partial charge in [-0.3, -0.25) is 0 Å². The second-order valence-electron chi connectivity index (χ2n) is 15.7. The molecule has 4 heteroatoms. The number of fused-ring (bicyclic) bond motifs is 7. The molecule has 0 saturated carbocycles. The van der Waals surface area contributed by atoms with Crippen LogP contribution in [0.4, 0.5) is 34.1 Å². The van der Waals surface area contributed by atoms with Gasteiger partial charge in [-0.05, 0) is 94.7 Å². The number of rotatable bonds is 8. The van der Waals surface area contributed by atoms with Gasteiger partial charge in [-0.1, -0.05) is 158 Å². The Hall–Kier alpha value is -8.34. The highest BCUT2D eigenvalue weighted by atomic mass is 16.3. The van der Waals surface area contributed by atoms with E-state index < -0.39 is 0 Å². The molecule has 4 nitrogen and oxygen atoms in total. The molecule has 0 spiro atoms. The molecule has 0 aliphatic carbocycles. The third-order valence-electron chi connectivity index (χ3n) is 12.0. The highest BCUT2D eigenvalue weighted by molar-refractivity contribution is 6.13. The number of hydrogen-bond acceptors (Lipinski definition) is 4. The Morgan fingerprint density at radius 2 is 0.629 bits per heavy atom. The number of nitrogens with zero attached hydrogens (tertiary/aromatic N) is 2. The van der Waals surface area contributed by atoms with Crippen molar-refractivity contribution in [2.45, 2.75) is 0 Å². The van der Waals surface area contributed by atoms with E-state index in [0.717, 1.165) is 111 Å². The SMILES string of the molecule is c1ccc(-c2cc3cc(-c4ccccc4)c(N(c4ccccc4)c4cccc5c4oc4ccccc45)cc3cc2N(c2ccccc2)c2cccc3c2oc2ccccc23)cc1. The van der Waals surface area contributed by atoms with Crippen molar-refractivity contribution < 1.29 is 8.83 Å². The minimum absolute atomic E-state index is 0.839. The Morgan fingerprint density at radius 3 is 1.06 bits per heavy atom. The average Bonchev–Trinajstić information content (AvgIpc) is 3.92. The summed E-state index contributed by atoms with van der Waals surface area (Å²) < 4.78 is 13.5. The fraction of sp³-hybridized carbons (Fsp3) is 0. The van der Waals surface area contributed by atoms with Gasteiger partial charge in [0.05, 0.1) is 22.7 Å². The summed E-state index contributed by atoms with van der Waals surface area (Å²) in [6, 6.07) is 81.6. The molecule has 0 aliphatic rings. The van der Waals surface area contributed by atoms with Gasteiger partial charge >= 0.3 is 0 Å². The van der Waals surface area contributed by atoms with Crippen LogP contribution in [0.15, 0.2) is 239 Å². The molecule has 0 bridgehead atoms. The van der Waals surface area contributed by atoms with Crippen LogP contribution >= 0.6 is 0 Å². The summed E-state index contributed by atoms with van der Waals surface area (Å²) in [5, 5.41) is 6.56. The van der Waals surface area contributed by atoms with E-state index in [9.17, 15) is 0 Å². The molecule has 0 saturated heterocycles. The second-order valence-corrected chi connectivity index (χ2v) is 15.7. The van der Waals surface area contributed by atoms with Crippen molar-refractivity contribution in [1.82, 2.24) is 0 Å². The standard InChI is InChI=1S/C58H38N2O2/c1-5-19-39(20-6-1)49-35-41-36-50(40-21-7-2-8-22-40)54(60(44-25-11-4-12-26-44)52-32-18-30-48-46-28-14-16-34-56(46)62-58(48)52)38-42(41)37-53(49)59(43-23-9-3-10-24-43)51-31-17-29-47-45-27-13-15-33-55(45)61-57(47)51/h1-38H. The van der Waals surface area contributed by atoms with Gasteiger partial charge in [0.25, 0.3) is 0 Å². The highest BCUT2D eigenvalue weighted by Crippen LogP contribution is 2.50. The molecule has 62 heavy (non-hydrogen) atoms. The van der Waals surface area contributed by atoms with E-state index in [4.69, 9.17) is 8.83 Å². The Kier molecular flexibility index (Phi) is 8.46. The van der Waals surface area contributed by atoms with E-state index in [1.807, 2.05) is 24.3 Å². The van der Waals surface area contributed by atoms with Gasteiger partial charge < -0.3 is 18.6 Å². The van der Waals surface area contributed by atoms with Crippen molar-refractivity contribution in [1.29, 1.82) is 0 Å². The Balaban J connectivity index is 1.18. The molecule has 0 aliphatic heterocycles. The van der Waals surface area contributed by atoms with Gasteiger partial charge in [-0.25, -0.2) is 0 Å². The summed E-state index contributed by atoms with van der Waals surface area (Å²) in [5.74, 6) is 0. The van der Waals surface area contributed by atoms with Crippen LogP contribution in [0.5, 0.6) is 0 Å². The first-order valence-electron chi connectivity index (χ1n) is 21.0. The van der Waals surface area contributed by atoms with Crippen molar-refractivity contribution in [2.75, 3.05) is 9.80 Å². The molecular formula is C58H38N2O2. The predicted octanol–water partition coefficient (Wildman–Crippen LogP) is 16.9. The summed E-state index contributed by atoms with van der Waals surface area (Å²) in [6.45, 7) is 0. The lowest BCUT2D eigenvalue weighted by Crippen LogP contribution is -2.13. The van der Waals surface area contributed by atoms with Gasteiger partial charge in [-0.2, -0.15) is 0 Å². The van der Waals surface area contributed by atoms with Crippen molar-refractivity contribution in [3.8, 4) is 22.3 Å². The Labute approximate surface area is 358 Å². The predicted molar refractivity (Wildman–Crippen MR) is 259 cm³/mol. The van der Waals surface area contributed by atoms with Crippen molar-refractivity contribution in [2.24, 2.45) is 0 Å². The minimum Gasteiger partial charge on any atom is -0.454 e. The smallest absolute Gasteiger partial charge is 0.159 e. The summed E-state index contributed by atoms with van der Waals surface area (Å²) >= 11 is 0. The van der Waals surface area contributed by atoms with E-state index in [0.29, 0.717) is 0 Å². The van der Waals surface area contributed by atoms with E-state index in [1.165, 1.54) is 0 Å². The van der Waals surface area contributed by atoms with E-state index in [-0.39, 0.29) is 0 Å². The van der Waals surface area contributed by atoms with Crippen LogP contribution in [0.1, 0.15) is 0 Å². The van der Waals surface area contributed by atoms with Gasteiger partial charge in [0.2, 0.25) is 0 Å². The Bertz CT molecular complexity index is 3340. The highest BCUT2D eigenvalue weighted by Gasteiger charge is 2.26. The van der Waals surface area contributed by atoms with Crippen LogP contribution in [0.3, 0.4) is 0 Å². The maximum atomic E-state index is 6.75. The van der Waals surface area contributed by atoms with Crippen LogP contribution in [0.25, 0.3) is 76.9 Å². The molecule has 12 rings (SSSR count). The molecule has 0 N–H and O–H groups in total. The van der Waals surface area contributed by atoms with E-state index in [1.54, 1.807) is 0 Å². The third kappa shape index (κ3) is 5.92. The van der Waals surface area contributed by atoms with Crippen LogP contribution in [-0.4, -0.2) is 0 Å². The fourth-order valence-corrected chi connectivity index (χ4v) is 9.18. The van der Waals surface area contributed by atoms with Crippen molar-refractivity contribution >= 4 is 88.8 Å². The number of benzene rings is 10. The topological polar surface area (TPSA) is 32.8 Å². The molecule has 12 aromatic rings. The molecule has 292 valence electrons. The van der Waals surface area contributed by atoms with Gasteiger partial charge in [0.15, 0.2) is 11.2 Å². The molecule has 0 radical (unpaired) electrons. The van der Waals surface area contributed by atoms with Crippen LogP contribution in [0.2, 0.25) is 0 Å². The van der Waals surface area contributed by atoms with E-state index in [2.05, 4.69) is 216 Å². The van der Waals surface area contributed by atoms with Crippen molar-refractivity contribution in [3.63, 3.8) is 0 Å². The van der Waals surface area contributed by atoms with Crippen LogP contribution < -0.4 is 9.80 Å².